The van der Waals surface area contributed by atoms with Crippen LogP contribution in [-0.2, 0) is 9.59 Å². The molecule has 0 bridgehead atoms. The number of hydrogen-bond donors (Lipinski definition) is 1. The maximum atomic E-state index is 13.4. The van der Waals surface area contributed by atoms with Crippen LogP contribution in [0.25, 0.3) is 6.08 Å². The predicted octanol–water partition coefficient (Wildman–Crippen LogP) is 6.16. The minimum absolute atomic E-state index is 0.0291. The molecule has 3 aromatic carbocycles. The van der Waals surface area contributed by atoms with E-state index >= 15 is 0 Å². The number of hydrogen-bond acceptors (Lipinski definition) is 4. The second-order valence-corrected chi connectivity index (χ2v) is 10.2. The van der Waals surface area contributed by atoms with Crippen molar-refractivity contribution in [2.75, 3.05) is 36.0 Å². The Bertz CT molecular complexity index is 1280. The number of carbonyl (C=O) groups is 2. The van der Waals surface area contributed by atoms with Crippen LogP contribution in [0, 0.1) is 6.92 Å². The van der Waals surface area contributed by atoms with E-state index in [1.165, 1.54) is 23.0 Å². The van der Waals surface area contributed by atoms with Gasteiger partial charge in [-0.25, -0.2) is 0 Å². The highest BCUT2D eigenvalue weighted by atomic mass is 35.5. The molecule has 1 aliphatic heterocycles. The summed E-state index contributed by atoms with van der Waals surface area (Å²) in [5.41, 5.74) is 4.02. The van der Waals surface area contributed by atoms with Crippen molar-refractivity contribution in [1.29, 1.82) is 0 Å². The second-order valence-electron chi connectivity index (χ2n) is 8.65. The van der Waals surface area contributed by atoms with E-state index in [1.807, 2.05) is 48.5 Å². The molecule has 4 rings (SSSR count). The third-order valence-corrected chi connectivity index (χ3v) is 7.27. The number of nitrogens with one attached hydrogen (secondary N) is 1. The van der Waals surface area contributed by atoms with Crippen LogP contribution >= 0.6 is 23.4 Å². The quantitative estimate of drug-likeness (QED) is 0.272. The van der Waals surface area contributed by atoms with Gasteiger partial charge < -0.3 is 10.2 Å². The van der Waals surface area contributed by atoms with Crippen LogP contribution in [-0.4, -0.2) is 38.0 Å². The number of benzene rings is 3. The van der Waals surface area contributed by atoms with E-state index in [2.05, 4.69) is 48.3 Å². The third kappa shape index (κ3) is 6.50. The third-order valence-electron chi connectivity index (χ3n) is 5.96. The summed E-state index contributed by atoms with van der Waals surface area (Å²) >= 11 is 7.53. The molecule has 1 aliphatic rings. The molecule has 0 spiro atoms. The summed E-state index contributed by atoms with van der Waals surface area (Å²) in [6.45, 7) is 6.48. The highest BCUT2D eigenvalue weighted by molar-refractivity contribution is 8.04. The van der Waals surface area contributed by atoms with E-state index in [-0.39, 0.29) is 18.4 Å². The molecule has 1 heterocycles. The van der Waals surface area contributed by atoms with Gasteiger partial charge in [0.15, 0.2) is 0 Å². The maximum absolute atomic E-state index is 13.4. The highest BCUT2D eigenvalue weighted by Gasteiger charge is 2.30. The van der Waals surface area contributed by atoms with E-state index in [4.69, 9.17) is 11.6 Å². The number of anilines is 2. The number of aryl methyl sites for hydroxylation is 1. The fraction of sp³-hybridized carbons (Fsp3) is 0.241. The van der Waals surface area contributed by atoms with Gasteiger partial charge in [-0.3, -0.25) is 14.5 Å². The smallest absolute Gasteiger partial charge is 0.265 e. The molecule has 0 radical (unpaired) electrons. The van der Waals surface area contributed by atoms with Gasteiger partial charge in [0.05, 0.1) is 10.6 Å². The standard InChI is InChI=1S/C29H30ClN3O2S/c1-3-32(24-12-6-9-21(2)17-24)16-8-15-31-28(34)20-33-25-13-4-5-14-26(25)36-27(29(33)35)19-22-10-7-11-23(30)18-22/h4-7,9-14,17-19H,3,8,15-16,20H2,1-2H3,(H,31,34). The minimum Gasteiger partial charge on any atom is -0.372 e. The predicted molar refractivity (Wildman–Crippen MR) is 151 cm³/mol. The summed E-state index contributed by atoms with van der Waals surface area (Å²) < 4.78 is 0. The van der Waals surface area contributed by atoms with E-state index in [0.717, 1.165) is 35.7 Å². The van der Waals surface area contributed by atoms with Gasteiger partial charge >= 0.3 is 0 Å². The molecule has 0 fully saturated rings. The van der Waals surface area contributed by atoms with Crippen molar-refractivity contribution in [1.82, 2.24) is 5.32 Å². The van der Waals surface area contributed by atoms with E-state index in [0.29, 0.717) is 16.5 Å². The van der Waals surface area contributed by atoms with Gasteiger partial charge in [0.25, 0.3) is 5.91 Å². The lowest BCUT2D eigenvalue weighted by molar-refractivity contribution is -0.122. The van der Waals surface area contributed by atoms with Gasteiger partial charge in [0.1, 0.15) is 6.54 Å². The molecule has 0 saturated heterocycles. The van der Waals surface area contributed by atoms with Crippen molar-refractivity contribution in [3.05, 3.63) is 93.9 Å². The summed E-state index contributed by atoms with van der Waals surface area (Å²) in [4.78, 5) is 31.6. The van der Waals surface area contributed by atoms with Crippen LogP contribution in [0.3, 0.4) is 0 Å². The average Bonchev–Trinajstić information content (AvgIpc) is 2.86. The Kier molecular flexibility index (Phi) is 8.73. The number of amides is 2. The minimum atomic E-state index is -0.189. The van der Waals surface area contributed by atoms with Gasteiger partial charge in [-0.1, -0.05) is 59.8 Å². The molecule has 36 heavy (non-hydrogen) atoms. The zero-order valence-corrected chi connectivity index (χ0v) is 22.1. The van der Waals surface area contributed by atoms with Gasteiger partial charge in [0.2, 0.25) is 5.91 Å². The van der Waals surface area contributed by atoms with Crippen LogP contribution in [0.4, 0.5) is 11.4 Å². The van der Waals surface area contributed by atoms with Crippen LogP contribution < -0.4 is 15.1 Å². The van der Waals surface area contributed by atoms with Gasteiger partial charge in [0, 0.05) is 35.2 Å². The average molecular weight is 520 g/mol. The molecule has 3 aromatic rings. The lowest BCUT2D eigenvalue weighted by Gasteiger charge is -2.30. The first-order valence-electron chi connectivity index (χ1n) is 12.1. The van der Waals surface area contributed by atoms with Gasteiger partial charge in [-0.2, -0.15) is 0 Å². The number of thioether (sulfide) groups is 1. The normalized spacial score (nSPS) is 14.0. The first-order valence-corrected chi connectivity index (χ1v) is 13.3. The number of fused-ring (bicyclic) bond motifs is 1. The molecule has 7 heteroatoms. The van der Waals surface area contributed by atoms with Crippen molar-refractivity contribution < 1.29 is 9.59 Å². The first-order chi connectivity index (χ1) is 17.4. The van der Waals surface area contributed by atoms with E-state index < -0.39 is 0 Å². The summed E-state index contributed by atoms with van der Waals surface area (Å²) in [6, 6.07) is 23.5. The van der Waals surface area contributed by atoms with Crippen LogP contribution in [0.5, 0.6) is 0 Å². The van der Waals surface area contributed by atoms with Crippen LogP contribution in [0.15, 0.2) is 82.6 Å². The Balaban J connectivity index is 1.39. The molecule has 0 unspecified atom stereocenters. The Morgan fingerprint density at radius 1 is 1.08 bits per heavy atom. The maximum Gasteiger partial charge on any atom is 0.265 e. The Labute approximate surface area is 222 Å². The Morgan fingerprint density at radius 3 is 2.67 bits per heavy atom. The van der Waals surface area contributed by atoms with E-state index in [9.17, 15) is 9.59 Å². The molecular weight excluding hydrogens is 490 g/mol. The first kappa shape index (κ1) is 25.9. The molecule has 186 valence electrons. The fourth-order valence-corrected chi connectivity index (χ4v) is 5.42. The zero-order chi connectivity index (χ0) is 25.5. The van der Waals surface area contributed by atoms with Gasteiger partial charge in [-0.05, 0) is 73.9 Å². The summed E-state index contributed by atoms with van der Waals surface area (Å²) in [7, 11) is 0. The SMILES string of the molecule is CCN(CCCNC(=O)CN1C(=O)C(=Cc2cccc(Cl)c2)Sc2ccccc21)c1cccc(C)c1. The zero-order valence-electron chi connectivity index (χ0n) is 20.5. The second kappa shape index (κ2) is 12.2. The van der Waals surface area contributed by atoms with Gasteiger partial charge in [-0.15, -0.1) is 0 Å². The molecule has 0 aromatic heterocycles. The lowest BCUT2D eigenvalue weighted by atomic mass is 10.2. The molecular formula is C29H30ClN3O2S. The van der Waals surface area contributed by atoms with Crippen molar-refractivity contribution in [2.24, 2.45) is 0 Å². The Morgan fingerprint density at radius 2 is 1.89 bits per heavy atom. The largest absolute Gasteiger partial charge is 0.372 e. The number of para-hydroxylation sites is 1. The summed E-state index contributed by atoms with van der Waals surface area (Å²) in [6.07, 6.45) is 2.64. The van der Waals surface area contributed by atoms with Crippen molar-refractivity contribution in [3.8, 4) is 0 Å². The number of halogens is 1. The molecule has 5 nitrogen and oxygen atoms in total. The van der Waals surface area contributed by atoms with Crippen LogP contribution in [0.1, 0.15) is 24.5 Å². The molecule has 0 saturated carbocycles. The van der Waals surface area contributed by atoms with E-state index in [1.54, 1.807) is 11.0 Å². The fourth-order valence-electron chi connectivity index (χ4n) is 4.16. The summed E-state index contributed by atoms with van der Waals surface area (Å²) in [5.74, 6) is -0.365. The Hall–Kier alpha value is -3.22. The topological polar surface area (TPSA) is 52.7 Å². The lowest BCUT2D eigenvalue weighted by Crippen LogP contribution is -2.43. The summed E-state index contributed by atoms with van der Waals surface area (Å²) in [5, 5.41) is 3.60. The number of carbonyl (C=O) groups excluding carboxylic acids is 2. The molecule has 2 amide bonds. The van der Waals surface area contributed by atoms with Crippen molar-refractivity contribution >= 4 is 52.6 Å². The molecule has 0 atom stereocenters. The van der Waals surface area contributed by atoms with Crippen molar-refractivity contribution in [3.63, 3.8) is 0 Å². The number of nitrogens with zero attached hydrogens (tertiary/aromatic N) is 2. The monoisotopic (exact) mass is 519 g/mol. The van der Waals surface area contributed by atoms with Crippen LogP contribution in [0.2, 0.25) is 5.02 Å². The number of rotatable bonds is 9. The van der Waals surface area contributed by atoms with Crippen molar-refractivity contribution in [2.45, 2.75) is 25.2 Å². The highest BCUT2D eigenvalue weighted by Crippen LogP contribution is 2.42. The molecule has 0 aliphatic carbocycles. The molecule has 1 N–H and O–H groups in total.